The van der Waals surface area contributed by atoms with Crippen LogP contribution in [0.1, 0.15) is 23.7 Å². The first-order chi connectivity index (χ1) is 9.99. The summed E-state index contributed by atoms with van der Waals surface area (Å²) in [5, 5.41) is 3.29. The summed E-state index contributed by atoms with van der Waals surface area (Å²) in [5.74, 6) is -0.0655. The van der Waals surface area contributed by atoms with Gasteiger partial charge < -0.3 is 15.0 Å². The van der Waals surface area contributed by atoms with Gasteiger partial charge in [0.25, 0.3) is 5.91 Å². The van der Waals surface area contributed by atoms with Crippen LogP contribution in [0.15, 0.2) is 12.1 Å². The van der Waals surface area contributed by atoms with E-state index in [9.17, 15) is 9.59 Å². The van der Waals surface area contributed by atoms with E-state index in [1.54, 1.807) is 4.90 Å². The van der Waals surface area contributed by atoms with Crippen molar-refractivity contribution in [3.63, 3.8) is 0 Å². The van der Waals surface area contributed by atoms with Gasteiger partial charge in [-0.15, -0.1) is 0 Å². The Bertz CT molecular complexity index is 554. The molecule has 1 unspecified atom stereocenters. The molecule has 7 heteroatoms. The average Bonchev–Trinajstić information content (AvgIpc) is 2.45. The molecule has 1 aromatic carbocycles. The monoisotopic (exact) mass is 330 g/mol. The average molecular weight is 331 g/mol. The van der Waals surface area contributed by atoms with Crippen LogP contribution in [0.25, 0.3) is 0 Å². The molecule has 2 amide bonds. The molecule has 1 N–H and O–H groups in total. The third-order valence-electron chi connectivity index (χ3n) is 3.43. The highest BCUT2D eigenvalue weighted by Gasteiger charge is 2.32. The van der Waals surface area contributed by atoms with Crippen molar-refractivity contribution >= 4 is 35.0 Å². The van der Waals surface area contributed by atoms with Crippen molar-refractivity contribution in [2.45, 2.75) is 19.4 Å². The van der Waals surface area contributed by atoms with Crippen molar-refractivity contribution in [1.82, 2.24) is 10.2 Å². The number of methoxy groups -OCH3 is 1. The standard InChI is InChI=1S/C14H16Cl2N2O3/c1-3-11-13(19)17-4-5-18(11)14(20)8-6-9(15)12(21-2)10(16)7-8/h6-7,11H,3-5H2,1-2H3,(H,17,19). The summed E-state index contributed by atoms with van der Waals surface area (Å²) in [7, 11) is 1.46. The molecule has 0 aromatic heterocycles. The van der Waals surface area contributed by atoms with Gasteiger partial charge in [-0.25, -0.2) is 0 Å². The van der Waals surface area contributed by atoms with Crippen LogP contribution >= 0.6 is 23.2 Å². The van der Waals surface area contributed by atoms with Gasteiger partial charge in [-0.2, -0.15) is 0 Å². The predicted octanol–water partition coefficient (Wildman–Crippen LogP) is 2.35. The maximum atomic E-state index is 12.6. The Balaban J connectivity index is 2.33. The fourth-order valence-corrected chi connectivity index (χ4v) is 3.05. The smallest absolute Gasteiger partial charge is 0.254 e. The van der Waals surface area contributed by atoms with Crippen LogP contribution in [0.4, 0.5) is 0 Å². The Labute approximate surface area is 133 Å². The molecular weight excluding hydrogens is 315 g/mol. The fourth-order valence-electron chi connectivity index (χ4n) is 2.41. The molecular formula is C14H16Cl2N2O3. The topological polar surface area (TPSA) is 58.6 Å². The van der Waals surface area contributed by atoms with E-state index in [0.29, 0.717) is 30.8 Å². The van der Waals surface area contributed by atoms with Crippen LogP contribution in [-0.4, -0.2) is 43.0 Å². The summed E-state index contributed by atoms with van der Waals surface area (Å²) in [6.07, 6.45) is 0.551. The number of carbonyl (C=O) groups excluding carboxylic acids is 2. The Morgan fingerprint density at radius 1 is 1.43 bits per heavy atom. The minimum atomic E-state index is -0.467. The second-order valence-electron chi connectivity index (χ2n) is 4.69. The third-order valence-corrected chi connectivity index (χ3v) is 3.99. The fraction of sp³-hybridized carbons (Fsp3) is 0.429. The summed E-state index contributed by atoms with van der Waals surface area (Å²) >= 11 is 12.1. The van der Waals surface area contributed by atoms with E-state index >= 15 is 0 Å². The van der Waals surface area contributed by atoms with Gasteiger partial charge >= 0.3 is 0 Å². The number of carbonyl (C=O) groups is 2. The van der Waals surface area contributed by atoms with Crippen LogP contribution in [-0.2, 0) is 4.79 Å². The molecule has 1 atom stereocenters. The van der Waals surface area contributed by atoms with Gasteiger partial charge in [0.2, 0.25) is 5.91 Å². The van der Waals surface area contributed by atoms with E-state index in [1.807, 2.05) is 6.92 Å². The molecule has 0 aliphatic carbocycles. The number of rotatable bonds is 3. The minimum Gasteiger partial charge on any atom is -0.494 e. The van der Waals surface area contributed by atoms with E-state index in [-0.39, 0.29) is 21.9 Å². The number of nitrogens with one attached hydrogen (secondary N) is 1. The van der Waals surface area contributed by atoms with Gasteiger partial charge in [-0.05, 0) is 18.6 Å². The van der Waals surface area contributed by atoms with Gasteiger partial charge in [0, 0.05) is 18.7 Å². The molecule has 0 spiro atoms. The molecule has 1 saturated heterocycles. The van der Waals surface area contributed by atoms with Gasteiger partial charge in [0.1, 0.15) is 6.04 Å². The number of nitrogens with zero attached hydrogens (tertiary/aromatic N) is 1. The first kappa shape index (κ1) is 15.9. The number of benzene rings is 1. The number of halogens is 2. The van der Waals surface area contributed by atoms with E-state index in [4.69, 9.17) is 27.9 Å². The SMILES string of the molecule is CCC1C(=O)NCCN1C(=O)c1cc(Cl)c(OC)c(Cl)c1. The van der Waals surface area contributed by atoms with Crippen molar-refractivity contribution < 1.29 is 14.3 Å². The zero-order valence-corrected chi connectivity index (χ0v) is 13.3. The van der Waals surface area contributed by atoms with E-state index < -0.39 is 6.04 Å². The molecule has 0 bridgehead atoms. The quantitative estimate of drug-likeness (QED) is 0.925. The number of amides is 2. The molecule has 1 aliphatic heterocycles. The van der Waals surface area contributed by atoms with Crippen LogP contribution in [0, 0.1) is 0 Å². The lowest BCUT2D eigenvalue weighted by Crippen LogP contribution is -2.56. The molecule has 1 heterocycles. The van der Waals surface area contributed by atoms with E-state index in [1.165, 1.54) is 19.2 Å². The van der Waals surface area contributed by atoms with Gasteiger partial charge in [0.15, 0.2) is 5.75 Å². The van der Waals surface area contributed by atoms with Gasteiger partial charge in [0.05, 0.1) is 17.2 Å². The number of piperazine rings is 1. The van der Waals surface area contributed by atoms with Crippen molar-refractivity contribution in [3.05, 3.63) is 27.7 Å². The van der Waals surface area contributed by atoms with E-state index in [2.05, 4.69) is 5.32 Å². The molecule has 1 fully saturated rings. The van der Waals surface area contributed by atoms with Crippen LogP contribution in [0.2, 0.25) is 10.0 Å². The van der Waals surface area contributed by atoms with E-state index in [0.717, 1.165) is 0 Å². The molecule has 0 radical (unpaired) electrons. The number of ether oxygens (including phenoxy) is 1. The molecule has 5 nitrogen and oxygen atoms in total. The maximum Gasteiger partial charge on any atom is 0.254 e. The van der Waals surface area contributed by atoms with Crippen LogP contribution < -0.4 is 10.1 Å². The van der Waals surface area contributed by atoms with Crippen LogP contribution in [0.3, 0.4) is 0 Å². The largest absolute Gasteiger partial charge is 0.494 e. The number of hydrogen-bond donors (Lipinski definition) is 1. The lowest BCUT2D eigenvalue weighted by molar-refractivity contribution is -0.127. The van der Waals surface area contributed by atoms with Crippen molar-refractivity contribution in [3.8, 4) is 5.75 Å². The van der Waals surface area contributed by atoms with Gasteiger partial charge in [-0.3, -0.25) is 9.59 Å². The number of hydrogen-bond acceptors (Lipinski definition) is 3. The molecule has 114 valence electrons. The molecule has 21 heavy (non-hydrogen) atoms. The molecule has 0 saturated carbocycles. The lowest BCUT2D eigenvalue weighted by Gasteiger charge is -2.34. The Morgan fingerprint density at radius 2 is 2.05 bits per heavy atom. The van der Waals surface area contributed by atoms with Crippen LogP contribution in [0.5, 0.6) is 5.75 Å². The highest BCUT2D eigenvalue weighted by atomic mass is 35.5. The molecule has 2 rings (SSSR count). The lowest BCUT2D eigenvalue weighted by atomic mass is 10.1. The minimum absolute atomic E-state index is 0.136. The Morgan fingerprint density at radius 3 is 2.57 bits per heavy atom. The first-order valence-electron chi connectivity index (χ1n) is 6.61. The summed E-state index contributed by atoms with van der Waals surface area (Å²) in [5.41, 5.74) is 0.346. The third kappa shape index (κ3) is 3.09. The van der Waals surface area contributed by atoms with Crippen molar-refractivity contribution in [2.75, 3.05) is 20.2 Å². The highest BCUT2D eigenvalue weighted by molar-refractivity contribution is 6.37. The summed E-state index contributed by atoms with van der Waals surface area (Å²) < 4.78 is 5.06. The maximum absolute atomic E-state index is 12.6. The normalized spacial score (nSPS) is 18.4. The van der Waals surface area contributed by atoms with Gasteiger partial charge in [-0.1, -0.05) is 30.1 Å². The first-order valence-corrected chi connectivity index (χ1v) is 7.36. The summed E-state index contributed by atoms with van der Waals surface area (Å²) in [4.78, 5) is 26.0. The molecule has 1 aromatic rings. The Hall–Kier alpha value is -1.46. The predicted molar refractivity (Wildman–Crippen MR) is 81.1 cm³/mol. The molecule has 1 aliphatic rings. The van der Waals surface area contributed by atoms with Crippen molar-refractivity contribution in [1.29, 1.82) is 0 Å². The zero-order valence-electron chi connectivity index (χ0n) is 11.8. The summed E-state index contributed by atoms with van der Waals surface area (Å²) in [6, 6.07) is 2.55. The highest BCUT2D eigenvalue weighted by Crippen LogP contribution is 2.34. The second kappa shape index (κ2) is 6.54. The zero-order chi connectivity index (χ0) is 15.6. The second-order valence-corrected chi connectivity index (χ2v) is 5.50. The summed E-state index contributed by atoms with van der Waals surface area (Å²) in [6.45, 7) is 2.77. The Kier molecular flexibility index (Phi) is 4.96. The van der Waals surface area contributed by atoms with Crippen molar-refractivity contribution in [2.24, 2.45) is 0 Å².